The van der Waals surface area contributed by atoms with Crippen LogP contribution >= 0.6 is 23.2 Å². The SMILES string of the molecule is C=CC(=O)Nc1cc(N(C)C)ccc1-c1n[nH]c2c1CCC(c1c(Cl)c(OC)cc(OC)c1Cl)C2. The van der Waals surface area contributed by atoms with E-state index < -0.39 is 0 Å². The molecule has 35 heavy (non-hydrogen) atoms. The summed E-state index contributed by atoms with van der Waals surface area (Å²) in [4.78, 5) is 14.1. The zero-order chi connectivity index (χ0) is 25.3. The van der Waals surface area contributed by atoms with Crippen molar-refractivity contribution in [2.24, 2.45) is 0 Å². The van der Waals surface area contributed by atoms with Crippen molar-refractivity contribution in [1.29, 1.82) is 0 Å². The highest BCUT2D eigenvalue weighted by Gasteiger charge is 2.31. The number of aromatic amines is 1. The zero-order valence-corrected chi connectivity index (χ0v) is 21.7. The van der Waals surface area contributed by atoms with Gasteiger partial charge in [-0.2, -0.15) is 5.10 Å². The van der Waals surface area contributed by atoms with Gasteiger partial charge >= 0.3 is 0 Å². The van der Waals surface area contributed by atoms with E-state index in [2.05, 4.69) is 22.1 Å². The Morgan fingerprint density at radius 1 is 1.20 bits per heavy atom. The van der Waals surface area contributed by atoms with E-state index in [9.17, 15) is 4.79 Å². The normalized spacial score (nSPS) is 14.7. The maximum atomic E-state index is 12.1. The van der Waals surface area contributed by atoms with Crippen LogP contribution in [0.2, 0.25) is 10.0 Å². The molecule has 2 aromatic carbocycles. The molecule has 0 saturated heterocycles. The Kier molecular flexibility index (Phi) is 7.28. The minimum atomic E-state index is -0.275. The lowest BCUT2D eigenvalue weighted by molar-refractivity contribution is -0.111. The number of hydrogen-bond acceptors (Lipinski definition) is 5. The van der Waals surface area contributed by atoms with Gasteiger partial charge in [-0.05, 0) is 49.5 Å². The molecule has 7 nitrogen and oxygen atoms in total. The first-order valence-corrected chi connectivity index (χ1v) is 12.0. The second kappa shape index (κ2) is 10.2. The molecule has 3 aromatic rings. The molecule has 0 spiro atoms. The summed E-state index contributed by atoms with van der Waals surface area (Å²) in [5.74, 6) is 0.851. The molecule has 9 heteroatoms. The Labute approximate surface area is 215 Å². The van der Waals surface area contributed by atoms with Crippen LogP contribution in [0.15, 0.2) is 36.9 Å². The maximum absolute atomic E-state index is 12.1. The average Bonchev–Trinajstić information content (AvgIpc) is 3.27. The summed E-state index contributed by atoms with van der Waals surface area (Å²) in [6.07, 6.45) is 3.52. The first-order valence-electron chi connectivity index (χ1n) is 11.2. The number of nitrogens with one attached hydrogen (secondary N) is 2. The van der Waals surface area contributed by atoms with Crippen LogP contribution in [0.3, 0.4) is 0 Å². The highest BCUT2D eigenvalue weighted by molar-refractivity contribution is 6.38. The molecular formula is C26H28Cl2N4O3. The van der Waals surface area contributed by atoms with Crippen LogP contribution in [0.25, 0.3) is 11.3 Å². The van der Waals surface area contributed by atoms with E-state index >= 15 is 0 Å². The van der Waals surface area contributed by atoms with Gasteiger partial charge in [-0.3, -0.25) is 9.89 Å². The summed E-state index contributed by atoms with van der Waals surface area (Å²) in [6, 6.07) is 7.63. The van der Waals surface area contributed by atoms with E-state index in [-0.39, 0.29) is 11.8 Å². The van der Waals surface area contributed by atoms with Gasteiger partial charge in [-0.1, -0.05) is 29.8 Å². The number of anilines is 2. The smallest absolute Gasteiger partial charge is 0.247 e. The number of rotatable bonds is 7. The fourth-order valence-corrected chi connectivity index (χ4v) is 5.35. The molecule has 2 N–H and O–H groups in total. The number of carbonyl (C=O) groups excluding carboxylic acids is 1. The Balaban J connectivity index is 1.72. The van der Waals surface area contributed by atoms with Gasteiger partial charge in [-0.15, -0.1) is 0 Å². The van der Waals surface area contributed by atoms with Crippen molar-refractivity contribution in [1.82, 2.24) is 10.2 Å². The maximum Gasteiger partial charge on any atom is 0.247 e. The number of methoxy groups -OCH3 is 2. The van der Waals surface area contributed by atoms with Crippen LogP contribution in [0, 0.1) is 0 Å². The van der Waals surface area contributed by atoms with Gasteiger partial charge in [-0.25, -0.2) is 0 Å². The molecule has 0 fully saturated rings. The third-order valence-electron chi connectivity index (χ3n) is 6.38. The van der Waals surface area contributed by atoms with Crippen LogP contribution in [-0.4, -0.2) is 44.4 Å². The van der Waals surface area contributed by atoms with E-state index in [1.165, 1.54) is 6.08 Å². The number of nitrogens with zero attached hydrogens (tertiary/aromatic N) is 2. The van der Waals surface area contributed by atoms with E-state index in [1.54, 1.807) is 20.3 Å². The summed E-state index contributed by atoms with van der Waals surface area (Å²) < 4.78 is 10.9. The van der Waals surface area contributed by atoms with Gasteiger partial charge in [0.1, 0.15) is 11.5 Å². The molecule has 0 saturated carbocycles. The Morgan fingerprint density at radius 3 is 2.49 bits per heavy atom. The fourth-order valence-electron chi connectivity index (χ4n) is 4.54. The van der Waals surface area contributed by atoms with Gasteiger partial charge in [0.15, 0.2) is 0 Å². The molecule has 1 aliphatic rings. The average molecular weight is 515 g/mol. The summed E-state index contributed by atoms with van der Waals surface area (Å²) in [5, 5.41) is 11.8. The van der Waals surface area contributed by atoms with E-state index in [4.69, 9.17) is 32.7 Å². The lowest BCUT2D eigenvalue weighted by atomic mass is 9.81. The standard InChI is InChI=1S/C26H28Cl2N4O3/c1-6-22(33)29-18-12-15(32(2)3)8-10-16(18)26-17-9-7-14(11-19(17)30-31-26)23-24(27)20(34-4)13-21(35-5)25(23)28/h6,8,10,12-14H,1,7,9,11H2,2-5H3,(H,29,33)(H,30,31). The first kappa shape index (κ1) is 24.9. The van der Waals surface area contributed by atoms with Crippen LogP contribution in [-0.2, 0) is 17.6 Å². The molecule has 1 atom stereocenters. The topological polar surface area (TPSA) is 79.5 Å². The summed E-state index contributed by atoms with van der Waals surface area (Å²) in [5.41, 5.74) is 6.28. The largest absolute Gasteiger partial charge is 0.495 e. The number of carbonyl (C=O) groups is 1. The van der Waals surface area contributed by atoms with Crippen molar-refractivity contribution in [2.75, 3.05) is 38.5 Å². The van der Waals surface area contributed by atoms with Crippen molar-refractivity contribution in [3.63, 3.8) is 0 Å². The lowest BCUT2D eigenvalue weighted by Crippen LogP contribution is -2.15. The highest BCUT2D eigenvalue weighted by atomic mass is 35.5. The second-order valence-electron chi connectivity index (χ2n) is 8.61. The van der Waals surface area contributed by atoms with Gasteiger partial charge in [0.05, 0.1) is 35.6 Å². The van der Waals surface area contributed by atoms with E-state index in [0.717, 1.165) is 46.6 Å². The monoisotopic (exact) mass is 514 g/mol. The number of fused-ring (bicyclic) bond motifs is 1. The molecule has 1 aromatic heterocycles. The third-order valence-corrected chi connectivity index (χ3v) is 7.16. The van der Waals surface area contributed by atoms with E-state index in [1.807, 2.05) is 37.2 Å². The van der Waals surface area contributed by atoms with Crippen LogP contribution in [0.1, 0.15) is 29.2 Å². The summed E-state index contributed by atoms with van der Waals surface area (Å²) in [6.45, 7) is 3.57. The van der Waals surface area contributed by atoms with E-state index in [0.29, 0.717) is 33.7 Å². The minimum Gasteiger partial charge on any atom is -0.495 e. The fraction of sp³-hybridized carbons (Fsp3) is 0.308. The number of aromatic nitrogens is 2. The molecular weight excluding hydrogens is 487 g/mol. The highest BCUT2D eigenvalue weighted by Crippen LogP contribution is 2.48. The number of ether oxygens (including phenoxy) is 2. The molecule has 1 amide bonds. The Hall–Kier alpha value is -3.16. The first-order chi connectivity index (χ1) is 16.8. The number of benzene rings is 2. The van der Waals surface area contributed by atoms with Crippen molar-refractivity contribution < 1.29 is 14.3 Å². The molecule has 0 bridgehead atoms. The molecule has 1 aliphatic carbocycles. The third kappa shape index (κ3) is 4.70. The number of amides is 1. The summed E-state index contributed by atoms with van der Waals surface area (Å²) >= 11 is 13.4. The van der Waals surface area contributed by atoms with Crippen LogP contribution in [0.5, 0.6) is 11.5 Å². The van der Waals surface area contributed by atoms with Crippen molar-refractivity contribution in [2.45, 2.75) is 25.2 Å². The number of H-pyrrole nitrogens is 1. The number of hydrogen-bond donors (Lipinski definition) is 2. The summed E-state index contributed by atoms with van der Waals surface area (Å²) in [7, 11) is 7.05. The predicted octanol–water partition coefficient (Wildman–Crippen LogP) is 5.86. The molecule has 1 unspecified atom stereocenters. The molecule has 0 aliphatic heterocycles. The molecule has 0 radical (unpaired) electrons. The second-order valence-corrected chi connectivity index (χ2v) is 9.37. The van der Waals surface area contributed by atoms with Gasteiger partial charge in [0, 0.05) is 48.2 Å². The van der Waals surface area contributed by atoms with Gasteiger partial charge < -0.3 is 19.7 Å². The lowest BCUT2D eigenvalue weighted by Gasteiger charge is -2.26. The Morgan fingerprint density at radius 2 is 1.89 bits per heavy atom. The minimum absolute atomic E-state index is 0.0656. The van der Waals surface area contributed by atoms with Crippen molar-refractivity contribution >= 4 is 40.5 Å². The van der Waals surface area contributed by atoms with Crippen LogP contribution in [0.4, 0.5) is 11.4 Å². The van der Waals surface area contributed by atoms with Gasteiger partial charge in [0.25, 0.3) is 0 Å². The quantitative estimate of drug-likeness (QED) is 0.385. The van der Waals surface area contributed by atoms with Gasteiger partial charge in [0.2, 0.25) is 5.91 Å². The van der Waals surface area contributed by atoms with Crippen molar-refractivity contribution in [3.8, 4) is 22.8 Å². The molecule has 4 rings (SSSR count). The zero-order valence-electron chi connectivity index (χ0n) is 20.2. The molecule has 1 heterocycles. The number of halogens is 2. The Bertz CT molecular complexity index is 1260. The molecule has 184 valence electrons. The van der Waals surface area contributed by atoms with Crippen LogP contribution < -0.4 is 19.7 Å². The predicted molar refractivity (Wildman–Crippen MR) is 142 cm³/mol. The van der Waals surface area contributed by atoms with Crippen molar-refractivity contribution in [3.05, 3.63) is 63.8 Å².